The Morgan fingerprint density at radius 1 is 1.06 bits per heavy atom. The van der Waals surface area contributed by atoms with E-state index in [1.807, 2.05) is 44.4 Å². The molecule has 2 N–H and O–H groups in total. The minimum Gasteiger partial charge on any atom is -0.366 e. The maximum atomic E-state index is 13.8. The summed E-state index contributed by atoms with van der Waals surface area (Å²) in [6, 6.07) is 15.0. The fourth-order valence-electron chi connectivity index (χ4n) is 5.11. The van der Waals surface area contributed by atoms with Crippen LogP contribution in [-0.2, 0) is 0 Å². The van der Waals surface area contributed by atoms with Crippen LogP contribution in [0.4, 0.5) is 4.39 Å². The molecule has 2 heterocycles. The number of amides is 1. The lowest BCUT2D eigenvalue weighted by atomic mass is 9.78. The summed E-state index contributed by atoms with van der Waals surface area (Å²) in [5, 5.41) is 4.07. The molecular weight excluding hydrogens is 437 g/mol. The predicted octanol–water partition coefficient (Wildman–Crippen LogP) is 7.41. The highest BCUT2D eigenvalue weighted by Gasteiger charge is 2.25. The number of carbonyl (C=O) groups is 1. The summed E-state index contributed by atoms with van der Waals surface area (Å²) in [5.74, 6) is 0.603. The maximum Gasteiger partial charge on any atom is 0.253 e. The standard InChI is InChI=1S/C28H28FN3O.C2H6/c1-18-3-2-4-21(13-18)25-16-30-17-26(25)28(33)32-15-19-5-7-20(8-6-19)23-11-12-31-27-10-9-22(29)14-24(23)27;1-2/h2-4,9-14,16-17,19-20,30H,5-8,15H2,1H3,(H,32,33);1-2H3. The smallest absolute Gasteiger partial charge is 0.253 e. The molecule has 0 unspecified atom stereocenters. The molecule has 4 nitrogen and oxygen atoms in total. The second-order valence-electron chi connectivity index (χ2n) is 9.14. The average Bonchev–Trinajstić information content (AvgIpc) is 3.39. The minimum absolute atomic E-state index is 0.0366. The largest absolute Gasteiger partial charge is 0.366 e. The second kappa shape index (κ2) is 11.3. The van der Waals surface area contributed by atoms with E-state index in [0.29, 0.717) is 23.9 Å². The van der Waals surface area contributed by atoms with E-state index in [1.54, 1.807) is 18.3 Å². The number of nitrogens with zero attached hydrogens (tertiary/aromatic N) is 1. The second-order valence-corrected chi connectivity index (χ2v) is 9.14. The van der Waals surface area contributed by atoms with Gasteiger partial charge in [0.2, 0.25) is 0 Å². The van der Waals surface area contributed by atoms with Crippen LogP contribution in [0.1, 0.15) is 66.9 Å². The molecule has 0 spiro atoms. The monoisotopic (exact) mass is 471 g/mol. The molecule has 0 aliphatic heterocycles. The number of aromatic nitrogens is 2. The number of hydrogen-bond donors (Lipinski definition) is 2. The van der Waals surface area contributed by atoms with Gasteiger partial charge in [0, 0.05) is 36.1 Å². The van der Waals surface area contributed by atoms with Crippen LogP contribution >= 0.6 is 0 Å². The van der Waals surface area contributed by atoms with Gasteiger partial charge in [-0.3, -0.25) is 9.78 Å². The molecule has 35 heavy (non-hydrogen) atoms. The Hall–Kier alpha value is -3.47. The predicted molar refractivity (Wildman–Crippen MR) is 141 cm³/mol. The minimum atomic E-state index is -0.220. The van der Waals surface area contributed by atoms with E-state index in [9.17, 15) is 9.18 Å². The van der Waals surface area contributed by atoms with Gasteiger partial charge in [0.25, 0.3) is 5.91 Å². The van der Waals surface area contributed by atoms with E-state index < -0.39 is 0 Å². The first-order chi connectivity index (χ1) is 17.1. The lowest BCUT2D eigenvalue weighted by Crippen LogP contribution is -2.31. The molecule has 5 heteroatoms. The molecule has 0 atom stereocenters. The van der Waals surface area contributed by atoms with Crippen molar-refractivity contribution in [2.45, 2.75) is 52.4 Å². The third kappa shape index (κ3) is 5.61. The summed E-state index contributed by atoms with van der Waals surface area (Å²) < 4.78 is 13.8. The molecule has 1 aliphatic rings. The van der Waals surface area contributed by atoms with Crippen LogP contribution in [0.5, 0.6) is 0 Å². The summed E-state index contributed by atoms with van der Waals surface area (Å²) in [4.78, 5) is 20.4. The van der Waals surface area contributed by atoms with Gasteiger partial charge in [-0.05, 0) is 79.8 Å². The van der Waals surface area contributed by atoms with Gasteiger partial charge in [0.05, 0.1) is 11.1 Å². The van der Waals surface area contributed by atoms with Gasteiger partial charge in [-0.25, -0.2) is 4.39 Å². The summed E-state index contributed by atoms with van der Waals surface area (Å²) in [6.45, 7) is 6.73. The Bertz CT molecular complexity index is 1290. The van der Waals surface area contributed by atoms with Crippen molar-refractivity contribution in [1.82, 2.24) is 15.3 Å². The van der Waals surface area contributed by atoms with E-state index in [1.165, 1.54) is 17.2 Å². The first kappa shape index (κ1) is 24.6. The van der Waals surface area contributed by atoms with Gasteiger partial charge in [-0.15, -0.1) is 0 Å². The number of nitrogens with one attached hydrogen (secondary N) is 2. The van der Waals surface area contributed by atoms with Crippen molar-refractivity contribution < 1.29 is 9.18 Å². The number of rotatable bonds is 5. The third-order valence-corrected chi connectivity index (χ3v) is 6.89. The van der Waals surface area contributed by atoms with Crippen molar-refractivity contribution >= 4 is 16.8 Å². The van der Waals surface area contributed by atoms with Gasteiger partial charge in [-0.1, -0.05) is 43.7 Å². The lowest BCUT2D eigenvalue weighted by molar-refractivity contribution is 0.0943. The Balaban J connectivity index is 0.00000141. The van der Waals surface area contributed by atoms with Crippen LogP contribution in [0.3, 0.4) is 0 Å². The normalized spacial score (nSPS) is 17.5. The zero-order chi connectivity index (χ0) is 24.8. The van der Waals surface area contributed by atoms with E-state index >= 15 is 0 Å². The van der Waals surface area contributed by atoms with Crippen LogP contribution in [0.2, 0.25) is 0 Å². The number of hydrogen-bond acceptors (Lipinski definition) is 2. The van der Waals surface area contributed by atoms with Crippen molar-refractivity contribution in [2.24, 2.45) is 5.92 Å². The first-order valence-electron chi connectivity index (χ1n) is 12.6. The van der Waals surface area contributed by atoms with Crippen molar-refractivity contribution in [1.29, 1.82) is 0 Å². The maximum absolute atomic E-state index is 13.8. The highest BCUT2D eigenvalue weighted by atomic mass is 19.1. The van der Waals surface area contributed by atoms with Crippen molar-refractivity contribution in [2.75, 3.05) is 6.54 Å². The molecule has 1 fully saturated rings. The van der Waals surface area contributed by atoms with E-state index in [-0.39, 0.29) is 11.7 Å². The van der Waals surface area contributed by atoms with Gasteiger partial charge < -0.3 is 10.3 Å². The van der Waals surface area contributed by atoms with Crippen LogP contribution in [0.25, 0.3) is 22.0 Å². The molecule has 2 aromatic heterocycles. The SMILES string of the molecule is CC.Cc1cccc(-c2c[nH]cc2C(=O)NCC2CCC(c3ccnc4ccc(F)cc34)CC2)c1. The van der Waals surface area contributed by atoms with Crippen molar-refractivity contribution in [3.63, 3.8) is 0 Å². The Morgan fingerprint density at radius 3 is 2.63 bits per heavy atom. The molecule has 0 bridgehead atoms. The molecule has 182 valence electrons. The number of benzene rings is 2. The van der Waals surface area contributed by atoms with Crippen LogP contribution in [0.15, 0.2) is 67.1 Å². The Kier molecular flexibility index (Phi) is 7.96. The van der Waals surface area contributed by atoms with E-state index in [2.05, 4.69) is 34.3 Å². The van der Waals surface area contributed by atoms with Crippen LogP contribution in [-0.4, -0.2) is 22.4 Å². The molecule has 4 aromatic rings. The molecule has 1 amide bonds. The highest BCUT2D eigenvalue weighted by molar-refractivity contribution is 6.00. The zero-order valence-electron chi connectivity index (χ0n) is 20.8. The molecular formula is C30H34FN3O. The lowest BCUT2D eigenvalue weighted by Gasteiger charge is -2.29. The fraction of sp³-hybridized carbons (Fsp3) is 0.333. The van der Waals surface area contributed by atoms with Crippen molar-refractivity contribution in [3.8, 4) is 11.1 Å². The summed E-state index contributed by atoms with van der Waals surface area (Å²) in [5.41, 5.74) is 5.86. The van der Waals surface area contributed by atoms with Crippen LogP contribution < -0.4 is 5.32 Å². The number of H-pyrrole nitrogens is 1. The summed E-state index contributed by atoms with van der Waals surface area (Å²) >= 11 is 0. The van der Waals surface area contributed by atoms with Gasteiger partial charge in [-0.2, -0.15) is 0 Å². The number of aromatic amines is 1. The number of halogens is 1. The van der Waals surface area contributed by atoms with E-state index in [0.717, 1.165) is 47.7 Å². The third-order valence-electron chi connectivity index (χ3n) is 6.89. The zero-order valence-corrected chi connectivity index (χ0v) is 20.8. The molecule has 1 aliphatic carbocycles. The van der Waals surface area contributed by atoms with Crippen molar-refractivity contribution in [3.05, 3.63) is 89.6 Å². The van der Waals surface area contributed by atoms with Gasteiger partial charge in [0.1, 0.15) is 5.82 Å². The van der Waals surface area contributed by atoms with Crippen LogP contribution in [0, 0.1) is 18.7 Å². The average molecular weight is 472 g/mol. The number of pyridine rings is 1. The Labute approximate surface area is 207 Å². The molecule has 1 saturated carbocycles. The Morgan fingerprint density at radius 2 is 1.86 bits per heavy atom. The van der Waals surface area contributed by atoms with Gasteiger partial charge >= 0.3 is 0 Å². The summed E-state index contributed by atoms with van der Waals surface area (Å²) in [6.07, 6.45) is 9.65. The number of carbonyl (C=O) groups excluding carboxylic acids is 1. The fourth-order valence-corrected chi connectivity index (χ4v) is 5.11. The quantitative estimate of drug-likeness (QED) is 0.318. The van der Waals surface area contributed by atoms with Gasteiger partial charge in [0.15, 0.2) is 0 Å². The topological polar surface area (TPSA) is 57.8 Å². The highest BCUT2D eigenvalue weighted by Crippen LogP contribution is 2.38. The molecule has 0 radical (unpaired) electrons. The molecule has 2 aromatic carbocycles. The first-order valence-corrected chi connectivity index (χ1v) is 12.6. The van der Waals surface area contributed by atoms with E-state index in [4.69, 9.17) is 0 Å². The molecule has 0 saturated heterocycles. The molecule has 5 rings (SSSR count). The summed E-state index contributed by atoms with van der Waals surface area (Å²) in [7, 11) is 0. The number of fused-ring (bicyclic) bond motifs is 1. The number of aryl methyl sites for hydroxylation is 1.